The first-order valence-corrected chi connectivity index (χ1v) is 7.26. The normalized spacial score (nSPS) is 12.7. The molecule has 0 aliphatic carbocycles. The number of halogens is 1. The second kappa shape index (κ2) is 5.47. The summed E-state index contributed by atoms with van der Waals surface area (Å²) in [5.41, 5.74) is 11.8. The Morgan fingerprint density at radius 2 is 2.00 bits per heavy atom. The van der Waals surface area contributed by atoms with E-state index in [1.165, 1.54) is 16.8 Å². The predicted octanol–water partition coefficient (Wildman–Crippen LogP) is 3.45. The molecule has 0 saturated heterocycles. The SMILES string of the molecule is Cc1nn(-c2ccc(Br)cc2CC(C)N)c(C)c1C. The van der Waals surface area contributed by atoms with Crippen LogP contribution in [0, 0.1) is 20.8 Å². The van der Waals surface area contributed by atoms with Gasteiger partial charge in [-0.25, -0.2) is 4.68 Å². The number of hydrogen-bond acceptors (Lipinski definition) is 2. The van der Waals surface area contributed by atoms with Crippen molar-refractivity contribution in [3.8, 4) is 5.69 Å². The number of aryl methyl sites for hydroxylation is 1. The molecule has 102 valence electrons. The highest BCUT2D eigenvalue weighted by Gasteiger charge is 2.13. The molecule has 4 heteroatoms. The molecule has 0 bridgehead atoms. The molecule has 0 amide bonds. The summed E-state index contributed by atoms with van der Waals surface area (Å²) in [5.74, 6) is 0. The average molecular weight is 322 g/mol. The lowest BCUT2D eigenvalue weighted by atomic mass is 10.1. The summed E-state index contributed by atoms with van der Waals surface area (Å²) in [7, 11) is 0. The lowest BCUT2D eigenvalue weighted by Crippen LogP contribution is -2.19. The van der Waals surface area contributed by atoms with Gasteiger partial charge in [0, 0.05) is 16.2 Å². The predicted molar refractivity (Wildman–Crippen MR) is 82.8 cm³/mol. The van der Waals surface area contributed by atoms with Crippen molar-refractivity contribution in [2.75, 3.05) is 0 Å². The van der Waals surface area contributed by atoms with Crippen LogP contribution < -0.4 is 5.73 Å². The number of nitrogens with zero attached hydrogens (tertiary/aromatic N) is 2. The van der Waals surface area contributed by atoms with E-state index in [9.17, 15) is 0 Å². The van der Waals surface area contributed by atoms with Gasteiger partial charge in [0.2, 0.25) is 0 Å². The van der Waals surface area contributed by atoms with Gasteiger partial charge in [0.05, 0.1) is 11.4 Å². The van der Waals surface area contributed by atoms with E-state index in [1.807, 2.05) is 24.6 Å². The van der Waals surface area contributed by atoms with Crippen molar-refractivity contribution >= 4 is 15.9 Å². The molecule has 2 rings (SSSR count). The van der Waals surface area contributed by atoms with Gasteiger partial charge in [-0.3, -0.25) is 0 Å². The second-order valence-electron chi connectivity index (χ2n) is 5.16. The van der Waals surface area contributed by atoms with Crippen molar-refractivity contribution in [2.45, 2.75) is 40.2 Å². The summed E-state index contributed by atoms with van der Waals surface area (Å²) in [6.07, 6.45) is 0.839. The Morgan fingerprint density at radius 3 is 2.53 bits per heavy atom. The van der Waals surface area contributed by atoms with Crippen LogP contribution in [-0.4, -0.2) is 15.8 Å². The van der Waals surface area contributed by atoms with Gasteiger partial charge < -0.3 is 5.73 Å². The Morgan fingerprint density at radius 1 is 1.32 bits per heavy atom. The van der Waals surface area contributed by atoms with E-state index in [1.54, 1.807) is 0 Å². The standard InChI is InChI=1S/C15H20BrN3/c1-9(17)7-13-8-14(16)5-6-15(13)19-12(4)10(2)11(3)18-19/h5-6,8-9H,7,17H2,1-4H3. The maximum atomic E-state index is 5.95. The van der Waals surface area contributed by atoms with Crippen LogP contribution in [0.25, 0.3) is 5.69 Å². The van der Waals surface area contributed by atoms with E-state index in [4.69, 9.17) is 5.73 Å². The molecule has 1 aromatic carbocycles. The largest absolute Gasteiger partial charge is 0.328 e. The van der Waals surface area contributed by atoms with E-state index < -0.39 is 0 Å². The highest BCUT2D eigenvalue weighted by Crippen LogP contribution is 2.24. The molecule has 19 heavy (non-hydrogen) atoms. The van der Waals surface area contributed by atoms with Crippen LogP contribution in [-0.2, 0) is 6.42 Å². The molecule has 0 spiro atoms. The van der Waals surface area contributed by atoms with Gasteiger partial charge in [-0.2, -0.15) is 5.10 Å². The first kappa shape index (κ1) is 14.3. The average Bonchev–Trinajstić information content (AvgIpc) is 2.57. The third kappa shape index (κ3) is 2.90. The number of hydrogen-bond donors (Lipinski definition) is 1. The fourth-order valence-electron chi connectivity index (χ4n) is 2.23. The van der Waals surface area contributed by atoms with Gasteiger partial charge in [-0.1, -0.05) is 15.9 Å². The van der Waals surface area contributed by atoms with Gasteiger partial charge in [-0.05, 0) is 63.4 Å². The third-order valence-electron chi connectivity index (χ3n) is 3.46. The second-order valence-corrected chi connectivity index (χ2v) is 6.08. The van der Waals surface area contributed by atoms with E-state index in [0.29, 0.717) is 0 Å². The van der Waals surface area contributed by atoms with E-state index in [0.717, 1.165) is 22.3 Å². The maximum Gasteiger partial charge on any atom is 0.0682 e. The van der Waals surface area contributed by atoms with E-state index in [2.05, 4.69) is 47.0 Å². The number of benzene rings is 1. The van der Waals surface area contributed by atoms with Crippen molar-refractivity contribution in [3.05, 3.63) is 45.2 Å². The summed E-state index contributed by atoms with van der Waals surface area (Å²) in [5, 5.41) is 4.64. The zero-order chi connectivity index (χ0) is 14.2. The fraction of sp³-hybridized carbons (Fsp3) is 0.400. The minimum Gasteiger partial charge on any atom is -0.328 e. The van der Waals surface area contributed by atoms with Gasteiger partial charge in [-0.15, -0.1) is 0 Å². The molecule has 0 fully saturated rings. The Labute approximate surface area is 122 Å². The monoisotopic (exact) mass is 321 g/mol. The molecule has 3 nitrogen and oxygen atoms in total. The molecule has 2 aromatic rings. The van der Waals surface area contributed by atoms with Crippen molar-refractivity contribution in [1.82, 2.24) is 9.78 Å². The lowest BCUT2D eigenvalue weighted by Gasteiger charge is -2.14. The Hall–Kier alpha value is -1.13. The van der Waals surface area contributed by atoms with Crippen LogP contribution in [0.4, 0.5) is 0 Å². The van der Waals surface area contributed by atoms with Gasteiger partial charge in [0.1, 0.15) is 0 Å². The zero-order valence-corrected chi connectivity index (χ0v) is 13.5. The molecule has 1 atom stereocenters. The highest BCUT2D eigenvalue weighted by molar-refractivity contribution is 9.10. The maximum absolute atomic E-state index is 5.95. The lowest BCUT2D eigenvalue weighted by molar-refractivity contribution is 0.723. The molecule has 1 aromatic heterocycles. The minimum atomic E-state index is 0.131. The quantitative estimate of drug-likeness (QED) is 0.940. The molecule has 2 N–H and O–H groups in total. The fourth-order valence-corrected chi connectivity index (χ4v) is 2.63. The van der Waals surface area contributed by atoms with Gasteiger partial charge >= 0.3 is 0 Å². The van der Waals surface area contributed by atoms with Crippen molar-refractivity contribution in [1.29, 1.82) is 0 Å². The summed E-state index contributed by atoms with van der Waals surface area (Å²) >= 11 is 3.53. The van der Waals surface area contributed by atoms with Crippen LogP contribution in [0.2, 0.25) is 0 Å². The van der Waals surface area contributed by atoms with Gasteiger partial charge in [0.25, 0.3) is 0 Å². The Kier molecular flexibility index (Phi) is 4.11. The first-order valence-electron chi connectivity index (χ1n) is 6.47. The van der Waals surface area contributed by atoms with Gasteiger partial charge in [0.15, 0.2) is 0 Å². The topological polar surface area (TPSA) is 43.8 Å². The van der Waals surface area contributed by atoms with Crippen LogP contribution in [0.3, 0.4) is 0 Å². The number of rotatable bonds is 3. The molecular weight excluding hydrogens is 302 g/mol. The number of aromatic nitrogens is 2. The Balaban J connectivity index is 2.57. The highest BCUT2D eigenvalue weighted by atomic mass is 79.9. The molecule has 0 aliphatic heterocycles. The van der Waals surface area contributed by atoms with E-state index in [-0.39, 0.29) is 6.04 Å². The van der Waals surface area contributed by atoms with Crippen molar-refractivity contribution in [3.63, 3.8) is 0 Å². The zero-order valence-electron chi connectivity index (χ0n) is 11.9. The summed E-state index contributed by atoms with van der Waals surface area (Å²) in [6, 6.07) is 6.41. The molecule has 0 radical (unpaired) electrons. The van der Waals surface area contributed by atoms with Crippen molar-refractivity contribution < 1.29 is 0 Å². The minimum absolute atomic E-state index is 0.131. The molecular formula is C15H20BrN3. The summed E-state index contributed by atoms with van der Waals surface area (Å²) < 4.78 is 3.10. The first-order chi connectivity index (χ1) is 8.90. The Bertz CT molecular complexity index is 600. The van der Waals surface area contributed by atoms with Crippen LogP contribution >= 0.6 is 15.9 Å². The molecule has 0 aliphatic rings. The number of nitrogens with two attached hydrogens (primary N) is 1. The molecule has 1 unspecified atom stereocenters. The molecule has 0 saturated carbocycles. The van der Waals surface area contributed by atoms with Crippen LogP contribution in [0.5, 0.6) is 0 Å². The molecule has 1 heterocycles. The van der Waals surface area contributed by atoms with Crippen LogP contribution in [0.1, 0.15) is 29.4 Å². The van der Waals surface area contributed by atoms with Crippen molar-refractivity contribution in [2.24, 2.45) is 5.73 Å². The van der Waals surface area contributed by atoms with E-state index >= 15 is 0 Å². The summed E-state index contributed by atoms with van der Waals surface area (Å²) in [6.45, 7) is 8.28. The summed E-state index contributed by atoms with van der Waals surface area (Å²) in [4.78, 5) is 0. The van der Waals surface area contributed by atoms with Crippen LogP contribution in [0.15, 0.2) is 22.7 Å². The third-order valence-corrected chi connectivity index (χ3v) is 3.96. The smallest absolute Gasteiger partial charge is 0.0682 e.